The van der Waals surface area contributed by atoms with E-state index in [1.807, 2.05) is 56.5 Å². The van der Waals surface area contributed by atoms with Crippen molar-refractivity contribution in [3.05, 3.63) is 52.5 Å². The Bertz CT molecular complexity index is 1150. The van der Waals surface area contributed by atoms with Crippen LogP contribution in [0.15, 0.2) is 41.2 Å². The number of hydrogen-bond acceptors (Lipinski definition) is 7. The number of thiazole rings is 1. The topological polar surface area (TPSA) is 123 Å². The van der Waals surface area contributed by atoms with E-state index in [0.29, 0.717) is 18.5 Å². The Labute approximate surface area is 267 Å². The van der Waals surface area contributed by atoms with E-state index in [1.54, 1.807) is 19.6 Å². The van der Waals surface area contributed by atoms with Crippen molar-refractivity contribution in [2.45, 2.75) is 103 Å². The minimum Gasteiger partial charge on any atom is -0.390 e. The van der Waals surface area contributed by atoms with Gasteiger partial charge in [-0.25, -0.2) is 4.98 Å². The monoisotopic (exact) mass is 628 g/mol. The predicted octanol–water partition coefficient (Wildman–Crippen LogP) is 4.59. The summed E-state index contributed by atoms with van der Waals surface area (Å²) in [7, 11) is 3.27. The molecule has 1 aliphatic rings. The largest absolute Gasteiger partial charge is 0.390 e. The minimum atomic E-state index is -1.23. The van der Waals surface area contributed by atoms with Crippen LogP contribution in [-0.2, 0) is 20.8 Å². The van der Waals surface area contributed by atoms with Crippen molar-refractivity contribution in [3.8, 4) is 0 Å². The number of nitrogens with one attached hydrogen (secondary N) is 1. The van der Waals surface area contributed by atoms with Crippen LogP contribution in [0.1, 0.15) is 89.4 Å². The highest BCUT2D eigenvalue weighted by Gasteiger charge is 2.40. The Morgan fingerprint density at radius 3 is 2.32 bits per heavy atom. The third-order valence-electron chi connectivity index (χ3n) is 8.69. The van der Waals surface area contributed by atoms with E-state index in [-0.39, 0.29) is 55.0 Å². The number of amides is 3. The third-order valence-corrected chi connectivity index (χ3v) is 9.32. The third kappa shape index (κ3) is 11.0. The summed E-state index contributed by atoms with van der Waals surface area (Å²) in [6.07, 6.45) is 3.99. The number of carbonyl (C=O) groups excluding carboxylic acids is 3. The van der Waals surface area contributed by atoms with Crippen molar-refractivity contribution in [2.75, 3.05) is 20.6 Å². The molecule has 44 heavy (non-hydrogen) atoms. The zero-order chi connectivity index (χ0) is 32.2. The van der Waals surface area contributed by atoms with Gasteiger partial charge < -0.3 is 25.3 Å². The zero-order valence-electron chi connectivity index (χ0n) is 27.0. The summed E-state index contributed by atoms with van der Waals surface area (Å²) in [6.45, 7) is 5.61. The van der Waals surface area contributed by atoms with Gasteiger partial charge in [0.25, 0.3) is 0 Å². The van der Waals surface area contributed by atoms with Crippen LogP contribution in [0, 0.1) is 17.8 Å². The molecule has 1 aromatic carbocycles. The van der Waals surface area contributed by atoms with Gasteiger partial charge in [-0.3, -0.25) is 14.4 Å². The van der Waals surface area contributed by atoms with Crippen molar-refractivity contribution in [3.63, 3.8) is 0 Å². The van der Waals surface area contributed by atoms with Gasteiger partial charge in [-0.1, -0.05) is 76.3 Å². The summed E-state index contributed by atoms with van der Waals surface area (Å²) in [5, 5.41) is 27.6. The fraction of sp³-hybridized carbons (Fsp3) is 0.647. The van der Waals surface area contributed by atoms with Crippen molar-refractivity contribution in [1.29, 1.82) is 0 Å². The van der Waals surface area contributed by atoms with E-state index in [1.165, 1.54) is 21.1 Å². The number of rotatable bonds is 16. The van der Waals surface area contributed by atoms with Gasteiger partial charge in [0, 0.05) is 32.3 Å². The highest BCUT2D eigenvalue weighted by molar-refractivity contribution is 7.07. The van der Waals surface area contributed by atoms with Crippen LogP contribution in [0.5, 0.6) is 0 Å². The predicted molar refractivity (Wildman–Crippen MR) is 174 cm³/mol. The maximum Gasteiger partial charge on any atom is 0.241 e. The van der Waals surface area contributed by atoms with Gasteiger partial charge >= 0.3 is 0 Å². The van der Waals surface area contributed by atoms with E-state index < -0.39 is 24.2 Å². The maximum atomic E-state index is 14.6. The van der Waals surface area contributed by atoms with Gasteiger partial charge in [-0.05, 0) is 37.2 Å². The molecule has 1 aliphatic carbocycles. The molecule has 3 N–H and O–H groups in total. The van der Waals surface area contributed by atoms with Gasteiger partial charge in [-0.15, -0.1) is 11.3 Å². The van der Waals surface area contributed by atoms with Gasteiger partial charge in [0.05, 0.1) is 35.3 Å². The number of aliphatic hydroxyl groups excluding tert-OH is 2. The lowest BCUT2D eigenvalue weighted by Gasteiger charge is -2.41. The molecular formula is C34H52N4O5S. The highest BCUT2D eigenvalue weighted by atomic mass is 32.1. The molecule has 9 nitrogen and oxygen atoms in total. The maximum absolute atomic E-state index is 14.6. The van der Waals surface area contributed by atoms with Crippen molar-refractivity contribution >= 4 is 29.1 Å². The molecule has 244 valence electrons. The van der Waals surface area contributed by atoms with Gasteiger partial charge in [-0.2, -0.15) is 0 Å². The first kappa shape index (κ1) is 35.7. The fourth-order valence-electron chi connectivity index (χ4n) is 6.16. The quantitative estimate of drug-likeness (QED) is 0.250. The molecule has 0 unspecified atom stereocenters. The van der Waals surface area contributed by atoms with E-state index in [4.69, 9.17) is 0 Å². The molecule has 3 rings (SSSR count). The summed E-state index contributed by atoms with van der Waals surface area (Å²) in [4.78, 5) is 48.5. The van der Waals surface area contributed by atoms with E-state index in [9.17, 15) is 24.6 Å². The van der Waals surface area contributed by atoms with Crippen molar-refractivity contribution in [2.24, 2.45) is 17.8 Å². The Kier molecular flexibility index (Phi) is 14.3. The lowest BCUT2D eigenvalue weighted by atomic mass is 9.81. The Morgan fingerprint density at radius 2 is 1.73 bits per heavy atom. The lowest BCUT2D eigenvalue weighted by molar-refractivity contribution is -0.151. The molecule has 0 radical (unpaired) electrons. The number of carbonyl (C=O) groups is 3. The number of likely N-dealkylation sites (N-methyl/N-ethyl adjacent to an activating group) is 1. The number of benzene rings is 1. The first-order valence-corrected chi connectivity index (χ1v) is 17.0. The second kappa shape index (κ2) is 17.6. The second-order valence-corrected chi connectivity index (χ2v) is 13.8. The fourth-order valence-corrected chi connectivity index (χ4v) is 6.73. The van der Waals surface area contributed by atoms with Crippen LogP contribution >= 0.6 is 11.3 Å². The van der Waals surface area contributed by atoms with E-state index in [0.717, 1.165) is 37.7 Å². The van der Waals surface area contributed by atoms with Crippen LogP contribution in [0.3, 0.4) is 0 Å². The highest BCUT2D eigenvalue weighted by Crippen LogP contribution is 2.32. The van der Waals surface area contributed by atoms with E-state index >= 15 is 0 Å². The molecule has 0 spiro atoms. The first-order chi connectivity index (χ1) is 21.0. The molecule has 3 amide bonds. The molecule has 10 heteroatoms. The second-order valence-electron chi connectivity index (χ2n) is 13.0. The number of nitrogens with zero attached hydrogens (tertiary/aromatic N) is 3. The number of hydrogen-bond donors (Lipinski definition) is 3. The number of aromatic nitrogens is 1. The molecular weight excluding hydrogens is 576 g/mol. The van der Waals surface area contributed by atoms with E-state index in [2.05, 4.69) is 10.3 Å². The Balaban J connectivity index is 1.95. The normalized spacial score (nSPS) is 17.4. The molecule has 2 aromatic rings. The number of aliphatic hydroxyl groups is 2. The van der Waals surface area contributed by atoms with Crippen LogP contribution in [-0.4, -0.2) is 81.6 Å². The molecule has 0 bridgehead atoms. The molecule has 5 atom stereocenters. The Morgan fingerprint density at radius 1 is 1.05 bits per heavy atom. The average Bonchev–Trinajstić information content (AvgIpc) is 3.51. The van der Waals surface area contributed by atoms with Crippen LogP contribution in [0.2, 0.25) is 0 Å². The molecule has 1 aromatic heterocycles. The van der Waals surface area contributed by atoms with Gasteiger partial charge in [0.2, 0.25) is 17.7 Å². The minimum absolute atomic E-state index is 0.0963. The Hall–Kier alpha value is -2.82. The average molecular weight is 629 g/mol. The van der Waals surface area contributed by atoms with Crippen molar-refractivity contribution in [1.82, 2.24) is 20.1 Å². The smallest absolute Gasteiger partial charge is 0.241 e. The summed E-state index contributed by atoms with van der Waals surface area (Å²) in [6, 6.07) is 8.61. The lowest BCUT2D eigenvalue weighted by Crippen LogP contribution is -2.56. The van der Waals surface area contributed by atoms with Crippen LogP contribution in [0.25, 0.3) is 0 Å². The molecule has 1 fully saturated rings. The molecule has 1 heterocycles. The zero-order valence-corrected chi connectivity index (χ0v) is 27.8. The van der Waals surface area contributed by atoms with Crippen LogP contribution in [0.4, 0.5) is 0 Å². The summed E-state index contributed by atoms with van der Waals surface area (Å²) in [5.74, 6) is -1.35. The molecule has 0 aliphatic heterocycles. The standard InChI is InChI=1S/C34H52N4O5S/c1-23(2)16-30(39)33(42)29(17-25-12-8-6-9-13-25)38(20-32(41)37(4)5)34(43)27(18-28-21-44-22-35-28)19-31(40)36-24(3)26-14-10-7-11-15-26/h7,10-11,14-15,21-25,27,29-30,33,39,42H,6,8-9,12-13,16-20H2,1-5H3,(H,36,40)/t24-,27+,29-,30-,33+/m0/s1. The summed E-state index contributed by atoms with van der Waals surface area (Å²) < 4.78 is 0. The van der Waals surface area contributed by atoms with Gasteiger partial charge in [0.1, 0.15) is 12.6 Å². The van der Waals surface area contributed by atoms with Crippen LogP contribution < -0.4 is 5.32 Å². The molecule has 1 saturated carbocycles. The SMILES string of the molecule is CC(C)C[C@H](O)[C@H](O)[C@H](CC1CCCCC1)N(CC(=O)N(C)C)C(=O)[C@@H](CC(=O)N[C@@H](C)c1ccccc1)Cc1cscn1. The first-order valence-electron chi connectivity index (χ1n) is 16.0. The summed E-state index contributed by atoms with van der Waals surface area (Å²) >= 11 is 1.42. The molecule has 0 saturated heterocycles. The van der Waals surface area contributed by atoms with Crippen molar-refractivity contribution < 1.29 is 24.6 Å². The summed E-state index contributed by atoms with van der Waals surface area (Å²) in [5.41, 5.74) is 3.34. The van der Waals surface area contributed by atoms with Gasteiger partial charge in [0.15, 0.2) is 0 Å².